The first-order chi connectivity index (χ1) is 13.0. The number of aryl methyl sites for hydroxylation is 2. The Labute approximate surface area is 159 Å². The van der Waals surface area contributed by atoms with Gasteiger partial charge in [0.05, 0.1) is 7.11 Å². The van der Waals surface area contributed by atoms with E-state index in [2.05, 4.69) is 17.4 Å². The maximum Gasteiger partial charge on any atom is 0.255 e. The van der Waals surface area contributed by atoms with Crippen molar-refractivity contribution in [1.29, 1.82) is 0 Å². The molecule has 3 aromatic carbocycles. The summed E-state index contributed by atoms with van der Waals surface area (Å²) in [6.45, 7) is 4.49. The van der Waals surface area contributed by atoms with Crippen molar-refractivity contribution in [2.45, 2.75) is 20.5 Å². The molecule has 138 valence electrons. The summed E-state index contributed by atoms with van der Waals surface area (Å²) in [5.74, 6) is 0.936. The highest BCUT2D eigenvalue weighted by atomic mass is 16.5. The number of carbonyl (C=O) groups excluding carboxylic acids is 1. The number of ether oxygens (including phenoxy) is 2. The third-order valence-electron chi connectivity index (χ3n) is 4.25. The van der Waals surface area contributed by atoms with E-state index in [4.69, 9.17) is 9.47 Å². The van der Waals surface area contributed by atoms with E-state index in [0.717, 1.165) is 16.8 Å². The smallest absolute Gasteiger partial charge is 0.255 e. The molecule has 0 spiro atoms. The molecular formula is C23H23NO3. The van der Waals surface area contributed by atoms with E-state index in [9.17, 15) is 4.79 Å². The Balaban J connectivity index is 1.70. The van der Waals surface area contributed by atoms with Gasteiger partial charge in [0.2, 0.25) is 0 Å². The van der Waals surface area contributed by atoms with Crippen LogP contribution in [0.4, 0.5) is 5.69 Å². The number of amides is 1. The number of methoxy groups -OCH3 is 1. The van der Waals surface area contributed by atoms with Crippen LogP contribution in [-0.2, 0) is 6.61 Å². The van der Waals surface area contributed by atoms with Crippen LogP contribution in [0.3, 0.4) is 0 Å². The number of benzene rings is 3. The zero-order valence-electron chi connectivity index (χ0n) is 15.8. The van der Waals surface area contributed by atoms with Gasteiger partial charge >= 0.3 is 0 Å². The second kappa shape index (κ2) is 8.41. The Morgan fingerprint density at radius 3 is 2.11 bits per heavy atom. The van der Waals surface area contributed by atoms with Crippen LogP contribution < -0.4 is 14.8 Å². The second-order valence-electron chi connectivity index (χ2n) is 6.46. The van der Waals surface area contributed by atoms with Crippen molar-refractivity contribution in [2.24, 2.45) is 0 Å². The maximum absolute atomic E-state index is 12.5. The van der Waals surface area contributed by atoms with E-state index >= 15 is 0 Å². The lowest BCUT2D eigenvalue weighted by Crippen LogP contribution is -2.12. The zero-order valence-corrected chi connectivity index (χ0v) is 15.8. The van der Waals surface area contributed by atoms with Crippen molar-refractivity contribution in [2.75, 3.05) is 12.4 Å². The second-order valence-corrected chi connectivity index (χ2v) is 6.46. The Morgan fingerprint density at radius 1 is 0.852 bits per heavy atom. The van der Waals surface area contributed by atoms with E-state index in [-0.39, 0.29) is 5.91 Å². The monoisotopic (exact) mass is 361 g/mol. The third-order valence-corrected chi connectivity index (χ3v) is 4.25. The number of anilines is 1. The molecule has 0 aliphatic carbocycles. The summed E-state index contributed by atoms with van der Waals surface area (Å²) in [7, 11) is 1.57. The van der Waals surface area contributed by atoms with E-state index in [1.165, 1.54) is 5.56 Å². The fourth-order valence-electron chi connectivity index (χ4n) is 2.61. The summed E-state index contributed by atoms with van der Waals surface area (Å²) in [6.07, 6.45) is 0. The summed E-state index contributed by atoms with van der Waals surface area (Å²) < 4.78 is 11.3. The summed E-state index contributed by atoms with van der Waals surface area (Å²) >= 11 is 0. The Hall–Kier alpha value is -3.27. The topological polar surface area (TPSA) is 47.6 Å². The van der Waals surface area contributed by atoms with Crippen LogP contribution in [0.2, 0.25) is 0 Å². The normalized spacial score (nSPS) is 10.3. The predicted molar refractivity (Wildman–Crippen MR) is 108 cm³/mol. The zero-order chi connectivity index (χ0) is 19.2. The minimum Gasteiger partial charge on any atom is -0.493 e. The number of hydrogen-bond donors (Lipinski definition) is 1. The van der Waals surface area contributed by atoms with Crippen molar-refractivity contribution >= 4 is 11.6 Å². The Bertz CT molecular complexity index is 915. The molecule has 1 N–H and O–H groups in total. The van der Waals surface area contributed by atoms with E-state index < -0.39 is 0 Å². The van der Waals surface area contributed by atoms with E-state index in [0.29, 0.717) is 23.7 Å². The standard InChI is InChI=1S/C23H23NO3/c1-16-4-8-18(9-5-16)15-27-21-13-10-19(14-22(21)26-3)23(25)24-20-11-6-17(2)7-12-20/h4-14H,15H2,1-3H3,(H,24,25). The van der Waals surface area contributed by atoms with Gasteiger partial charge in [0.25, 0.3) is 5.91 Å². The van der Waals surface area contributed by atoms with Crippen LogP contribution in [-0.4, -0.2) is 13.0 Å². The fourth-order valence-corrected chi connectivity index (χ4v) is 2.61. The molecule has 0 heterocycles. The van der Waals surface area contributed by atoms with Crippen LogP contribution in [0.15, 0.2) is 66.7 Å². The molecule has 4 nitrogen and oxygen atoms in total. The van der Waals surface area contributed by atoms with Gasteiger partial charge in [-0.15, -0.1) is 0 Å². The molecule has 0 atom stereocenters. The Morgan fingerprint density at radius 2 is 1.48 bits per heavy atom. The Kier molecular flexibility index (Phi) is 5.77. The van der Waals surface area contributed by atoms with Gasteiger partial charge < -0.3 is 14.8 Å². The molecule has 0 aliphatic rings. The van der Waals surface area contributed by atoms with Gasteiger partial charge in [-0.25, -0.2) is 0 Å². The highest BCUT2D eigenvalue weighted by Crippen LogP contribution is 2.29. The molecule has 0 aliphatic heterocycles. The van der Waals surface area contributed by atoms with Crippen LogP contribution in [0, 0.1) is 13.8 Å². The minimum absolute atomic E-state index is 0.192. The highest BCUT2D eigenvalue weighted by molar-refractivity contribution is 6.04. The van der Waals surface area contributed by atoms with Crippen molar-refractivity contribution in [3.63, 3.8) is 0 Å². The van der Waals surface area contributed by atoms with Crippen LogP contribution >= 0.6 is 0 Å². The van der Waals surface area contributed by atoms with Gasteiger partial charge in [-0.3, -0.25) is 4.79 Å². The van der Waals surface area contributed by atoms with Gasteiger partial charge in [-0.2, -0.15) is 0 Å². The lowest BCUT2D eigenvalue weighted by molar-refractivity contribution is 0.102. The molecule has 3 rings (SSSR count). The van der Waals surface area contributed by atoms with Gasteiger partial charge in [-0.05, 0) is 49.7 Å². The van der Waals surface area contributed by atoms with Crippen molar-refractivity contribution in [3.8, 4) is 11.5 Å². The molecule has 0 fully saturated rings. The first-order valence-corrected chi connectivity index (χ1v) is 8.79. The van der Waals surface area contributed by atoms with Crippen molar-refractivity contribution in [1.82, 2.24) is 0 Å². The maximum atomic E-state index is 12.5. The van der Waals surface area contributed by atoms with Gasteiger partial charge in [0.15, 0.2) is 11.5 Å². The van der Waals surface area contributed by atoms with Crippen molar-refractivity contribution in [3.05, 3.63) is 89.0 Å². The third kappa shape index (κ3) is 4.88. The van der Waals surface area contributed by atoms with Gasteiger partial charge in [0, 0.05) is 11.3 Å². The molecule has 0 unspecified atom stereocenters. The first-order valence-electron chi connectivity index (χ1n) is 8.79. The van der Waals surface area contributed by atoms with Crippen LogP contribution in [0.1, 0.15) is 27.0 Å². The highest BCUT2D eigenvalue weighted by Gasteiger charge is 2.12. The van der Waals surface area contributed by atoms with Crippen molar-refractivity contribution < 1.29 is 14.3 Å². The SMILES string of the molecule is COc1cc(C(=O)Nc2ccc(C)cc2)ccc1OCc1ccc(C)cc1. The average molecular weight is 361 g/mol. The summed E-state index contributed by atoms with van der Waals surface area (Å²) in [6, 6.07) is 21.0. The van der Waals surface area contributed by atoms with Gasteiger partial charge in [0.1, 0.15) is 6.61 Å². The summed E-state index contributed by atoms with van der Waals surface area (Å²) in [5.41, 5.74) is 4.69. The van der Waals surface area contributed by atoms with E-state index in [1.807, 2.05) is 50.2 Å². The molecule has 0 bridgehead atoms. The molecule has 27 heavy (non-hydrogen) atoms. The molecule has 4 heteroatoms. The van der Waals surface area contributed by atoms with Crippen LogP contribution in [0.5, 0.6) is 11.5 Å². The molecule has 3 aromatic rings. The number of rotatable bonds is 6. The molecule has 0 radical (unpaired) electrons. The molecule has 1 amide bonds. The van der Waals surface area contributed by atoms with E-state index in [1.54, 1.807) is 25.3 Å². The summed E-state index contributed by atoms with van der Waals surface area (Å²) in [5, 5.41) is 2.88. The molecule has 0 saturated carbocycles. The molecule has 0 aromatic heterocycles. The molecular weight excluding hydrogens is 338 g/mol. The number of hydrogen-bond acceptors (Lipinski definition) is 3. The van der Waals surface area contributed by atoms with Gasteiger partial charge in [-0.1, -0.05) is 47.5 Å². The minimum atomic E-state index is -0.192. The average Bonchev–Trinajstić information content (AvgIpc) is 2.69. The lowest BCUT2D eigenvalue weighted by Gasteiger charge is -2.13. The fraction of sp³-hybridized carbons (Fsp3) is 0.174. The quantitative estimate of drug-likeness (QED) is 0.661. The predicted octanol–water partition coefficient (Wildman–Crippen LogP) is 5.14. The largest absolute Gasteiger partial charge is 0.493 e. The molecule has 0 saturated heterocycles. The number of carbonyl (C=O) groups is 1. The summed E-state index contributed by atoms with van der Waals surface area (Å²) in [4.78, 5) is 12.5. The number of nitrogens with one attached hydrogen (secondary N) is 1. The van der Waals surface area contributed by atoms with Crippen LogP contribution in [0.25, 0.3) is 0 Å². The lowest BCUT2D eigenvalue weighted by atomic mass is 10.1. The first kappa shape index (κ1) is 18.5.